The second kappa shape index (κ2) is 6.27. The summed E-state index contributed by atoms with van der Waals surface area (Å²) in [6.45, 7) is 2.82. The number of rotatable bonds is 4. The maximum atomic E-state index is 13.2. The molecule has 0 fully saturated rings. The molecule has 0 aliphatic heterocycles. The Morgan fingerprint density at radius 2 is 2.26 bits per heavy atom. The third-order valence-electron chi connectivity index (χ3n) is 2.78. The van der Waals surface area contributed by atoms with E-state index in [1.165, 1.54) is 12.1 Å². The predicted molar refractivity (Wildman–Crippen MR) is 83.3 cm³/mol. The van der Waals surface area contributed by atoms with Gasteiger partial charge in [0.25, 0.3) is 0 Å². The van der Waals surface area contributed by atoms with Crippen LogP contribution in [0.5, 0.6) is 0 Å². The van der Waals surface area contributed by atoms with Gasteiger partial charge in [-0.3, -0.25) is 0 Å². The highest BCUT2D eigenvalue weighted by Gasteiger charge is 2.23. The summed E-state index contributed by atoms with van der Waals surface area (Å²) in [5, 5.41) is 11.4. The zero-order chi connectivity index (χ0) is 14.0. The number of nitrogens with one attached hydrogen (secondary N) is 1. The summed E-state index contributed by atoms with van der Waals surface area (Å²) in [4.78, 5) is 0. The molecular formula is C12H13BrFIN4. The van der Waals surface area contributed by atoms with Crippen LogP contribution in [-0.2, 0) is 7.05 Å². The normalized spacial score (nSPS) is 12.7. The van der Waals surface area contributed by atoms with E-state index in [0.29, 0.717) is 4.60 Å². The van der Waals surface area contributed by atoms with E-state index in [4.69, 9.17) is 0 Å². The molecule has 1 heterocycles. The molecule has 0 bridgehead atoms. The van der Waals surface area contributed by atoms with Gasteiger partial charge in [-0.15, -0.1) is 5.10 Å². The van der Waals surface area contributed by atoms with Gasteiger partial charge in [0.1, 0.15) is 5.82 Å². The van der Waals surface area contributed by atoms with Crippen LogP contribution in [-0.4, -0.2) is 21.5 Å². The maximum absolute atomic E-state index is 13.2. The molecule has 0 aliphatic rings. The summed E-state index contributed by atoms with van der Waals surface area (Å²) in [7, 11) is 1.84. The van der Waals surface area contributed by atoms with Crippen LogP contribution in [0.25, 0.3) is 0 Å². The minimum absolute atomic E-state index is 0.0770. The lowest BCUT2D eigenvalue weighted by Gasteiger charge is -2.20. The smallest absolute Gasteiger partial charge is 0.153 e. The van der Waals surface area contributed by atoms with Crippen LogP contribution in [0.4, 0.5) is 4.39 Å². The molecule has 0 spiro atoms. The van der Waals surface area contributed by atoms with E-state index in [-0.39, 0.29) is 11.9 Å². The average molecular weight is 439 g/mol. The Kier molecular flexibility index (Phi) is 4.91. The first-order valence-electron chi connectivity index (χ1n) is 5.78. The number of hydrogen-bond acceptors (Lipinski definition) is 3. The summed E-state index contributed by atoms with van der Waals surface area (Å²) < 4.78 is 16.5. The Morgan fingerprint density at radius 3 is 2.79 bits per heavy atom. The fourth-order valence-corrected chi connectivity index (χ4v) is 3.28. The molecule has 0 aliphatic carbocycles. The van der Waals surface area contributed by atoms with Gasteiger partial charge in [-0.2, -0.15) is 0 Å². The monoisotopic (exact) mass is 438 g/mol. The number of benzene rings is 1. The van der Waals surface area contributed by atoms with Crippen molar-refractivity contribution in [2.45, 2.75) is 13.0 Å². The molecule has 2 aromatic rings. The minimum atomic E-state index is -0.231. The highest BCUT2D eigenvalue weighted by molar-refractivity contribution is 14.1. The standard InChI is InChI=1S/C12H13BrFIN4/c1-3-16-10(11-12(13)17-18-19(11)2)8-5-4-7(14)6-9(8)15/h4-6,10,16H,3H2,1-2H3. The van der Waals surface area contributed by atoms with Gasteiger partial charge < -0.3 is 5.32 Å². The first-order valence-corrected chi connectivity index (χ1v) is 7.65. The molecule has 1 aromatic carbocycles. The first-order chi connectivity index (χ1) is 9.04. The number of hydrogen-bond donors (Lipinski definition) is 1. The Balaban J connectivity index is 2.51. The van der Waals surface area contributed by atoms with Crippen molar-refractivity contribution in [3.05, 3.63) is 43.4 Å². The molecular weight excluding hydrogens is 426 g/mol. The summed E-state index contributed by atoms with van der Waals surface area (Å²) in [5.41, 5.74) is 1.93. The van der Waals surface area contributed by atoms with Crippen LogP contribution in [0.2, 0.25) is 0 Å². The van der Waals surface area contributed by atoms with Crippen molar-refractivity contribution in [2.75, 3.05) is 6.54 Å². The van der Waals surface area contributed by atoms with Crippen molar-refractivity contribution in [3.8, 4) is 0 Å². The van der Waals surface area contributed by atoms with Gasteiger partial charge in [-0.1, -0.05) is 18.2 Å². The molecule has 4 nitrogen and oxygen atoms in total. The SMILES string of the molecule is CCNC(c1ccc(F)cc1I)c1c(Br)nnn1C. The van der Waals surface area contributed by atoms with Crippen LogP contribution in [0.1, 0.15) is 24.2 Å². The molecule has 1 aromatic heterocycles. The van der Waals surface area contributed by atoms with E-state index in [0.717, 1.165) is 21.4 Å². The van der Waals surface area contributed by atoms with Crippen molar-refractivity contribution in [3.63, 3.8) is 0 Å². The van der Waals surface area contributed by atoms with E-state index in [9.17, 15) is 4.39 Å². The zero-order valence-electron chi connectivity index (χ0n) is 10.5. The lowest BCUT2D eigenvalue weighted by molar-refractivity contribution is 0.562. The highest BCUT2D eigenvalue weighted by Crippen LogP contribution is 2.30. The van der Waals surface area contributed by atoms with Gasteiger partial charge in [0.2, 0.25) is 0 Å². The van der Waals surface area contributed by atoms with E-state index in [1.807, 2.05) is 14.0 Å². The average Bonchev–Trinajstić information content (AvgIpc) is 2.67. The number of aromatic nitrogens is 3. The van der Waals surface area contributed by atoms with Crippen LogP contribution >= 0.6 is 38.5 Å². The molecule has 7 heteroatoms. The first kappa shape index (κ1) is 14.9. The summed E-state index contributed by atoms with van der Waals surface area (Å²) in [6.07, 6.45) is 0. The van der Waals surface area contributed by atoms with E-state index < -0.39 is 0 Å². The Bertz CT molecular complexity index is 568. The minimum Gasteiger partial charge on any atom is -0.305 e. The molecule has 1 unspecified atom stereocenters. The lowest BCUT2D eigenvalue weighted by atomic mass is 10.0. The Hall–Kier alpha value is -0.540. The number of nitrogens with zero attached hydrogens (tertiary/aromatic N) is 3. The van der Waals surface area contributed by atoms with Gasteiger partial charge in [0, 0.05) is 10.6 Å². The summed E-state index contributed by atoms with van der Waals surface area (Å²) in [6, 6.07) is 4.72. The quantitative estimate of drug-likeness (QED) is 0.746. The molecule has 0 radical (unpaired) electrons. The zero-order valence-corrected chi connectivity index (χ0v) is 14.2. The summed E-state index contributed by atoms with van der Waals surface area (Å²) in [5.74, 6) is -0.231. The van der Waals surface area contributed by atoms with Crippen LogP contribution in [0.15, 0.2) is 22.8 Å². The highest BCUT2D eigenvalue weighted by atomic mass is 127. The lowest BCUT2D eigenvalue weighted by Crippen LogP contribution is -2.25. The molecule has 19 heavy (non-hydrogen) atoms. The molecule has 102 valence electrons. The second-order valence-electron chi connectivity index (χ2n) is 4.05. The fraction of sp³-hybridized carbons (Fsp3) is 0.333. The maximum Gasteiger partial charge on any atom is 0.153 e. The van der Waals surface area contributed by atoms with Crippen LogP contribution < -0.4 is 5.32 Å². The predicted octanol–water partition coefficient (Wildman–Crippen LogP) is 3.02. The molecule has 2 rings (SSSR count). The topological polar surface area (TPSA) is 42.7 Å². The second-order valence-corrected chi connectivity index (χ2v) is 5.96. The fourth-order valence-electron chi connectivity index (χ4n) is 1.94. The van der Waals surface area contributed by atoms with Crippen molar-refractivity contribution < 1.29 is 4.39 Å². The Labute approximate surface area is 133 Å². The van der Waals surface area contributed by atoms with Crippen LogP contribution in [0, 0.1) is 9.39 Å². The Morgan fingerprint density at radius 1 is 1.53 bits per heavy atom. The molecule has 1 atom stereocenters. The van der Waals surface area contributed by atoms with Gasteiger partial charge in [0.05, 0.1) is 11.7 Å². The number of halogens is 3. The third-order valence-corrected chi connectivity index (χ3v) is 4.28. The van der Waals surface area contributed by atoms with E-state index >= 15 is 0 Å². The van der Waals surface area contributed by atoms with Gasteiger partial charge in [-0.05, 0) is 62.8 Å². The van der Waals surface area contributed by atoms with E-state index in [1.54, 1.807) is 10.7 Å². The molecule has 1 N–H and O–H groups in total. The molecule has 0 amide bonds. The molecule has 0 saturated heterocycles. The third kappa shape index (κ3) is 3.14. The van der Waals surface area contributed by atoms with Crippen molar-refractivity contribution in [1.82, 2.24) is 20.3 Å². The largest absolute Gasteiger partial charge is 0.305 e. The molecule has 0 saturated carbocycles. The van der Waals surface area contributed by atoms with Crippen molar-refractivity contribution >= 4 is 38.5 Å². The van der Waals surface area contributed by atoms with Gasteiger partial charge in [0.15, 0.2) is 4.60 Å². The van der Waals surface area contributed by atoms with E-state index in [2.05, 4.69) is 54.1 Å². The van der Waals surface area contributed by atoms with Crippen LogP contribution in [0.3, 0.4) is 0 Å². The number of aryl methyl sites for hydroxylation is 1. The van der Waals surface area contributed by atoms with Gasteiger partial charge >= 0.3 is 0 Å². The van der Waals surface area contributed by atoms with Crippen molar-refractivity contribution in [1.29, 1.82) is 0 Å². The summed E-state index contributed by atoms with van der Waals surface area (Å²) >= 11 is 5.56. The van der Waals surface area contributed by atoms with Crippen molar-refractivity contribution in [2.24, 2.45) is 7.05 Å². The van der Waals surface area contributed by atoms with Gasteiger partial charge in [-0.25, -0.2) is 9.07 Å².